The van der Waals surface area contributed by atoms with E-state index in [-0.39, 0.29) is 0 Å². The van der Waals surface area contributed by atoms with Crippen LogP contribution < -0.4 is 5.32 Å². The minimum atomic E-state index is 0.962. The first-order chi connectivity index (χ1) is 6.31. The Labute approximate surface area is 86.7 Å². The Morgan fingerprint density at radius 3 is 3.08 bits per heavy atom. The maximum absolute atomic E-state index is 5.43. The third-order valence-electron chi connectivity index (χ3n) is 2.26. The van der Waals surface area contributed by atoms with Crippen LogP contribution >= 0.6 is 15.9 Å². The number of benzene rings is 1. The van der Waals surface area contributed by atoms with Crippen LogP contribution in [0, 0.1) is 12.3 Å². The molecule has 1 aromatic rings. The summed E-state index contributed by atoms with van der Waals surface area (Å²) >= 11 is 3.46. The lowest BCUT2D eigenvalue weighted by molar-refractivity contribution is 0.829. The summed E-state index contributed by atoms with van der Waals surface area (Å²) < 4.78 is 1.07. The second-order valence-corrected chi connectivity index (χ2v) is 4.08. The molecule has 1 aromatic carbocycles. The summed E-state index contributed by atoms with van der Waals surface area (Å²) in [5.74, 6) is 2.70. The summed E-state index contributed by atoms with van der Waals surface area (Å²) in [5.41, 5.74) is 3.44. The van der Waals surface area contributed by atoms with Crippen molar-refractivity contribution in [2.24, 2.45) is 0 Å². The van der Waals surface area contributed by atoms with Gasteiger partial charge in [-0.15, -0.1) is 6.42 Å². The van der Waals surface area contributed by atoms with Crippen molar-refractivity contribution in [3.05, 3.63) is 27.7 Å². The molecule has 0 saturated carbocycles. The number of nitrogens with one attached hydrogen (secondary N) is 1. The number of fused-ring (bicyclic) bond motifs is 1. The quantitative estimate of drug-likeness (QED) is 0.683. The number of hydrogen-bond donors (Lipinski definition) is 1. The molecule has 0 amide bonds. The molecule has 1 heterocycles. The molecular formula is C11H10BrN. The predicted octanol–water partition coefficient (Wildman–Crippen LogP) is 2.79. The van der Waals surface area contributed by atoms with Crippen LogP contribution in [0.1, 0.15) is 17.5 Å². The number of hydrogen-bond acceptors (Lipinski definition) is 1. The Hall–Kier alpha value is -0.940. The topological polar surface area (TPSA) is 12.0 Å². The molecule has 1 nitrogen and oxygen atoms in total. The summed E-state index contributed by atoms with van der Waals surface area (Å²) in [6.45, 7) is 1.03. The zero-order valence-electron chi connectivity index (χ0n) is 7.23. The Morgan fingerprint density at radius 2 is 2.31 bits per heavy atom. The molecule has 0 aliphatic carbocycles. The fourth-order valence-electron chi connectivity index (χ4n) is 1.68. The fourth-order valence-corrected chi connectivity index (χ4v) is 2.18. The molecule has 0 fully saturated rings. The molecule has 1 aliphatic rings. The van der Waals surface area contributed by atoms with Gasteiger partial charge in [-0.3, -0.25) is 0 Å². The second-order valence-electron chi connectivity index (χ2n) is 3.16. The average Bonchev–Trinajstić information content (AvgIpc) is 2.16. The third kappa shape index (κ3) is 1.57. The highest BCUT2D eigenvalue weighted by molar-refractivity contribution is 9.10. The summed E-state index contributed by atoms with van der Waals surface area (Å²) in [6.07, 6.45) is 7.74. The number of rotatable bonds is 0. The van der Waals surface area contributed by atoms with Crippen molar-refractivity contribution in [2.75, 3.05) is 11.9 Å². The maximum atomic E-state index is 5.43. The molecule has 0 bridgehead atoms. The van der Waals surface area contributed by atoms with E-state index in [9.17, 15) is 0 Å². The molecule has 1 aliphatic heterocycles. The van der Waals surface area contributed by atoms with E-state index in [2.05, 4.69) is 33.2 Å². The van der Waals surface area contributed by atoms with E-state index in [1.165, 1.54) is 12.0 Å². The van der Waals surface area contributed by atoms with Gasteiger partial charge < -0.3 is 5.32 Å². The van der Waals surface area contributed by atoms with Gasteiger partial charge in [-0.05, 0) is 30.5 Å². The lowest BCUT2D eigenvalue weighted by Gasteiger charge is -2.19. The number of halogens is 1. The van der Waals surface area contributed by atoms with Gasteiger partial charge in [-0.2, -0.15) is 0 Å². The zero-order valence-corrected chi connectivity index (χ0v) is 8.82. The molecule has 0 spiro atoms. The molecule has 2 rings (SSSR count). The van der Waals surface area contributed by atoms with Gasteiger partial charge in [0.1, 0.15) is 0 Å². The standard InChI is InChI=1S/C11H10BrN/c1-2-8-6-10(12)7-9-4-3-5-13-11(8)9/h1,6-7,13H,3-5H2. The zero-order chi connectivity index (χ0) is 9.26. The summed E-state index contributed by atoms with van der Waals surface area (Å²) in [6, 6.07) is 4.12. The van der Waals surface area contributed by atoms with Gasteiger partial charge in [-0.25, -0.2) is 0 Å². The minimum absolute atomic E-state index is 0.962. The summed E-state index contributed by atoms with van der Waals surface area (Å²) in [7, 11) is 0. The normalized spacial score (nSPS) is 14.2. The number of terminal acetylenes is 1. The molecule has 1 N–H and O–H groups in total. The van der Waals surface area contributed by atoms with E-state index in [0.717, 1.165) is 28.7 Å². The summed E-state index contributed by atoms with van der Waals surface area (Å²) in [5, 5.41) is 3.35. The van der Waals surface area contributed by atoms with Gasteiger partial charge in [0.25, 0.3) is 0 Å². The highest BCUT2D eigenvalue weighted by Crippen LogP contribution is 2.29. The highest BCUT2D eigenvalue weighted by atomic mass is 79.9. The maximum Gasteiger partial charge on any atom is 0.0532 e. The Morgan fingerprint density at radius 1 is 1.46 bits per heavy atom. The molecule has 0 aromatic heterocycles. The van der Waals surface area contributed by atoms with Gasteiger partial charge in [0.15, 0.2) is 0 Å². The highest BCUT2D eigenvalue weighted by Gasteiger charge is 2.12. The number of aryl methyl sites for hydroxylation is 1. The van der Waals surface area contributed by atoms with Gasteiger partial charge in [0.2, 0.25) is 0 Å². The van der Waals surface area contributed by atoms with Crippen molar-refractivity contribution in [3.63, 3.8) is 0 Å². The van der Waals surface area contributed by atoms with Crippen LogP contribution in [0.25, 0.3) is 0 Å². The van der Waals surface area contributed by atoms with Crippen LogP contribution in [0.5, 0.6) is 0 Å². The van der Waals surface area contributed by atoms with Crippen LogP contribution in [0.15, 0.2) is 16.6 Å². The summed E-state index contributed by atoms with van der Waals surface area (Å²) in [4.78, 5) is 0. The molecule has 0 saturated heterocycles. The van der Waals surface area contributed by atoms with E-state index >= 15 is 0 Å². The molecular weight excluding hydrogens is 226 g/mol. The predicted molar refractivity (Wildman–Crippen MR) is 58.9 cm³/mol. The van der Waals surface area contributed by atoms with Crippen molar-refractivity contribution in [1.29, 1.82) is 0 Å². The van der Waals surface area contributed by atoms with E-state index in [0.29, 0.717) is 0 Å². The van der Waals surface area contributed by atoms with Crippen LogP contribution in [-0.4, -0.2) is 6.54 Å². The third-order valence-corrected chi connectivity index (χ3v) is 2.72. The molecule has 13 heavy (non-hydrogen) atoms. The first-order valence-corrected chi connectivity index (χ1v) is 5.13. The van der Waals surface area contributed by atoms with Gasteiger partial charge in [0, 0.05) is 16.6 Å². The van der Waals surface area contributed by atoms with Crippen molar-refractivity contribution < 1.29 is 0 Å². The van der Waals surface area contributed by atoms with Crippen LogP contribution in [0.3, 0.4) is 0 Å². The lowest BCUT2D eigenvalue weighted by Crippen LogP contribution is -2.13. The Kier molecular flexibility index (Phi) is 2.28. The van der Waals surface area contributed by atoms with E-state index in [1.54, 1.807) is 0 Å². The Bertz CT molecular complexity index is 376. The molecule has 66 valence electrons. The minimum Gasteiger partial charge on any atom is -0.384 e. The van der Waals surface area contributed by atoms with Crippen LogP contribution in [0.2, 0.25) is 0 Å². The number of anilines is 1. The van der Waals surface area contributed by atoms with E-state index in [4.69, 9.17) is 6.42 Å². The average molecular weight is 236 g/mol. The van der Waals surface area contributed by atoms with Crippen molar-refractivity contribution in [1.82, 2.24) is 0 Å². The van der Waals surface area contributed by atoms with E-state index < -0.39 is 0 Å². The fraction of sp³-hybridized carbons (Fsp3) is 0.273. The second kappa shape index (κ2) is 3.43. The SMILES string of the molecule is C#Cc1cc(Br)cc2c1NCCC2. The smallest absolute Gasteiger partial charge is 0.0532 e. The van der Waals surface area contributed by atoms with Crippen LogP contribution in [0.4, 0.5) is 5.69 Å². The first-order valence-electron chi connectivity index (χ1n) is 4.34. The first kappa shape index (κ1) is 8.65. The van der Waals surface area contributed by atoms with Crippen molar-refractivity contribution >= 4 is 21.6 Å². The molecule has 0 unspecified atom stereocenters. The largest absolute Gasteiger partial charge is 0.384 e. The van der Waals surface area contributed by atoms with Gasteiger partial charge in [0.05, 0.1) is 5.69 Å². The van der Waals surface area contributed by atoms with Gasteiger partial charge in [-0.1, -0.05) is 21.9 Å². The van der Waals surface area contributed by atoms with Gasteiger partial charge >= 0.3 is 0 Å². The lowest BCUT2D eigenvalue weighted by atomic mass is 10.00. The van der Waals surface area contributed by atoms with Crippen molar-refractivity contribution in [2.45, 2.75) is 12.8 Å². The molecule has 0 atom stereocenters. The van der Waals surface area contributed by atoms with Crippen LogP contribution in [-0.2, 0) is 6.42 Å². The van der Waals surface area contributed by atoms with Crippen molar-refractivity contribution in [3.8, 4) is 12.3 Å². The molecule has 0 radical (unpaired) electrons. The van der Waals surface area contributed by atoms with E-state index in [1.807, 2.05) is 6.07 Å². The monoisotopic (exact) mass is 235 g/mol. The molecule has 2 heteroatoms. The Balaban J connectivity index is 2.58.